The Bertz CT molecular complexity index is 828. The van der Waals surface area contributed by atoms with Gasteiger partial charge in [-0.1, -0.05) is 23.2 Å². The molecule has 10 heteroatoms. The Balaban J connectivity index is 2.00. The van der Waals surface area contributed by atoms with Crippen molar-refractivity contribution in [2.45, 2.75) is 38.4 Å². The summed E-state index contributed by atoms with van der Waals surface area (Å²) in [6.45, 7) is 3.70. The lowest BCUT2D eigenvalue weighted by atomic mass is 10.1. The van der Waals surface area contributed by atoms with Gasteiger partial charge in [-0.15, -0.1) is 0 Å². The Morgan fingerprint density at radius 1 is 1.35 bits per heavy atom. The molecule has 0 radical (unpaired) electrons. The van der Waals surface area contributed by atoms with Crippen LogP contribution in [0.5, 0.6) is 0 Å². The molecule has 1 N–H and O–H groups in total. The summed E-state index contributed by atoms with van der Waals surface area (Å²) in [5.74, 6) is -0.531. The number of aromatic nitrogens is 2. The third-order valence-corrected chi connectivity index (χ3v) is 5.03. The summed E-state index contributed by atoms with van der Waals surface area (Å²) in [6.07, 6.45) is -3.66. The molecule has 0 saturated carbocycles. The number of halogens is 3. The molecule has 1 saturated heterocycles. The maximum Gasteiger partial charge on any atom is 0.303 e. The minimum absolute atomic E-state index is 0.0843. The molecule has 26 heavy (non-hydrogen) atoms. The average molecular weight is 424 g/mol. The molecule has 0 bridgehead atoms. The zero-order valence-corrected chi connectivity index (χ0v) is 16.3. The van der Waals surface area contributed by atoms with E-state index in [0.29, 0.717) is 27.7 Å². The van der Waals surface area contributed by atoms with E-state index in [1.165, 1.54) is 11.5 Å². The molecule has 0 spiro atoms. The SMILES string of the molecule is CCOC[C@H]1O[C@@H](n2c(Cl)nc3cc(Cl)c(Cl)cc32)[C@H](O)[C@@H]1OC(C)=O. The van der Waals surface area contributed by atoms with E-state index in [0.717, 1.165) is 0 Å². The molecule has 0 aliphatic carbocycles. The second-order valence-corrected chi connectivity index (χ2v) is 6.95. The van der Waals surface area contributed by atoms with Gasteiger partial charge < -0.3 is 19.3 Å². The van der Waals surface area contributed by atoms with Crippen LogP contribution in [0.3, 0.4) is 0 Å². The number of esters is 1. The number of aliphatic hydroxyl groups is 1. The summed E-state index contributed by atoms with van der Waals surface area (Å²) < 4.78 is 18.0. The Kier molecular flexibility index (Phi) is 5.96. The summed E-state index contributed by atoms with van der Waals surface area (Å²) in [5, 5.41) is 11.5. The van der Waals surface area contributed by atoms with Crippen LogP contribution in [0.25, 0.3) is 11.0 Å². The normalized spacial score (nSPS) is 25.8. The van der Waals surface area contributed by atoms with Gasteiger partial charge in [0.05, 0.1) is 27.7 Å². The van der Waals surface area contributed by atoms with Crippen LogP contribution in [0.4, 0.5) is 0 Å². The quantitative estimate of drug-likeness (QED) is 0.744. The van der Waals surface area contributed by atoms with Gasteiger partial charge in [-0.2, -0.15) is 0 Å². The molecule has 0 unspecified atom stereocenters. The molecule has 1 aliphatic rings. The minimum atomic E-state index is -1.17. The number of carbonyl (C=O) groups excluding carboxylic acids is 1. The summed E-state index contributed by atoms with van der Waals surface area (Å²) in [4.78, 5) is 15.6. The molecule has 1 aliphatic heterocycles. The largest absolute Gasteiger partial charge is 0.457 e. The number of carbonyl (C=O) groups is 1. The zero-order valence-electron chi connectivity index (χ0n) is 14.0. The first kappa shape index (κ1) is 19.7. The van der Waals surface area contributed by atoms with Gasteiger partial charge >= 0.3 is 5.97 Å². The van der Waals surface area contributed by atoms with E-state index < -0.39 is 30.5 Å². The number of ether oxygens (including phenoxy) is 3. The summed E-state index contributed by atoms with van der Waals surface area (Å²) in [5.41, 5.74) is 1.03. The molecule has 2 aromatic rings. The van der Waals surface area contributed by atoms with Gasteiger partial charge in [-0.25, -0.2) is 4.98 Å². The standard InChI is InChI=1S/C16H17Cl3N2O5/c1-3-24-6-12-14(25-7(2)22)13(23)15(26-12)21-11-5-9(18)8(17)4-10(11)20-16(21)19/h4-5,12-15,23H,3,6H2,1-2H3/t12-,13-,14-,15-/m1/s1. The van der Waals surface area contributed by atoms with Crippen LogP contribution in [-0.2, 0) is 19.0 Å². The summed E-state index contributed by atoms with van der Waals surface area (Å²) in [6, 6.07) is 3.16. The molecule has 4 atom stereocenters. The van der Waals surface area contributed by atoms with Crippen LogP contribution in [0, 0.1) is 0 Å². The van der Waals surface area contributed by atoms with Crippen LogP contribution in [0.15, 0.2) is 12.1 Å². The van der Waals surface area contributed by atoms with Gasteiger partial charge in [0.2, 0.25) is 5.28 Å². The first-order chi connectivity index (χ1) is 12.3. The van der Waals surface area contributed by atoms with Crippen LogP contribution in [0.1, 0.15) is 20.1 Å². The van der Waals surface area contributed by atoms with Crippen molar-refractivity contribution in [1.29, 1.82) is 0 Å². The molecular formula is C16H17Cl3N2O5. The fourth-order valence-electron chi connectivity index (χ4n) is 2.94. The molecule has 2 heterocycles. The van der Waals surface area contributed by atoms with Gasteiger partial charge in [0.1, 0.15) is 12.2 Å². The number of nitrogens with zero attached hydrogens (tertiary/aromatic N) is 2. The van der Waals surface area contributed by atoms with Gasteiger partial charge in [-0.3, -0.25) is 9.36 Å². The summed E-state index contributed by atoms with van der Waals surface area (Å²) >= 11 is 18.4. The molecule has 0 amide bonds. The monoisotopic (exact) mass is 422 g/mol. The highest BCUT2D eigenvalue weighted by Gasteiger charge is 2.48. The lowest BCUT2D eigenvalue weighted by Gasteiger charge is -2.20. The van der Waals surface area contributed by atoms with Crippen molar-refractivity contribution in [3.63, 3.8) is 0 Å². The number of hydrogen-bond donors (Lipinski definition) is 1. The number of aliphatic hydroxyl groups excluding tert-OH is 1. The maximum atomic E-state index is 11.4. The van der Waals surface area contributed by atoms with E-state index in [4.69, 9.17) is 49.0 Å². The van der Waals surface area contributed by atoms with Crippen molar-refractivity contribution in [2.24, 2.45) is 0 Å². The first-order valence-corrected chi connectivity index (χ1v) is 9.07. The topological polar surface area (TPSA) is 82.8 Å². The average Bonchev–Trinajstić information content (AvgIpc) is 3.03. The van der Waals surface area contributed by atoms with Gasteiger partial charge in [-0.05, 0) is 30.7 Å². The Morgan fingerprint density at radius 2 is 2.04 bits per heavy atom. The van der Waals surface area contributed by atoms with Crippen molar-refractivity contribution < 1.29 is 24.1 Å². The molecule has 1 aromatic heterocycles. The van der Waals surface area contributed by atoms with Crippen molar-refractivity contribution in [2.75, 3.05) is 13.2 Å². The zero-order chi connectivity index (χ0) is 19.0. The van der Waals surface area contributed by atoms with Crippen LogP contribution >= 0.6 is 34.8 Å². The predicted octanol–water partition coefficient (Wildman–Crippen LogP) is 3.22. The van der Waals surface area contributed by atoms with E-state index >= 15 is 0 Å². The Labute approximate surface area is 164 Å². The lowest BCUT2D eigenvalue weighted by Crippen LogP contribution is -2.38. The fourth-order valence-corrected chi connectivity index (χ4v) is 3.54. The molecule has 7 nitrogen and oxygen atoms in total. The number of rotatable bonds is 5. The second-order valence-electron chi connectivity index (χ2n) is 5.80. The second kappa shape index (κ2) is 7.88. The molecule has 1 aromatic carbocycles. The highest BCUT2D eigenvalue weighted by molar-refractivity contribution is 6.42. The smallest absolute Gasteiger partial charge is 0.303 e. The maximum absolute atomic E-state index is 11.4. The first-order valence-electron chi connectivity index (χ1n) is 7.94. The number of imidazole rings is 1. The highest BCUT2D eigenvalue weighted by Crippen LogP contribution is 2.38. The van der Waals surface area contributed by atoms with Crippen LogP contribution in [0.2, 0.25) is 15.3 Å². The van der Waals surface area contributed by atoms with E-state index in [1.807, 2.05) is 6.92 Å². The van der Waals surface area contributed by atoms with Gasteiger partial charge in [0.15, 0.2) is 12.3 Å². The van der Waals surface area contributed by atoms with Crippen molar-refractivity contribution in [3.8, 4) is 0 Å². The molecule has 142 valence electrons. The summed E-state index contributed by atoms with van der Waals surface area (Å²) in [7, 11) is 0. The minimum Gasteiger partial charge on any atom is -0.457 e. The predicted molar refractivity (Wildman–Crippen MR) is 96.7 cm³/mol. The number of fused-ring (bicyclic) bond motifs is 1. The molecule has 1 fully saturated rings. The van der Waals surface area contributed by atoms with E-state index in [2.05, 4.69) is 4.98 Å². The lowest BCUT2D eigenvalue weighted by molar-refractivity contribution is -0.154. The Morgan fingerprint density at radius 3 is 2.69 bits per heavy atom. The number of hydrogen-bond acceptors (Lipinski definition) is 6. The van der Waals surface area contributed by atoms with E-state index in [1.54, 1.807) is 12.1 Å². The van der Waals surface area contributed by atoms with Crippen molar-refractivity contribution in [1.82, 2.24) is 9.55 Å². The van der Waals surface area contributed by atoms with Gasteiger partial charge in [0.25, 0.3) is 0 Å². The van der Waals surface area contributed by atoms with Crippen molar-refractivity contribution in [3.05, 3.63) is 27.5 Å². The van der Waals surface area contributed by atoms with Crippen molar-refractivity contribution >= 4 is 51.8 Å². The highest BCUT2D eigenvalue weighted by atomic mass is 35.5. The van der Waals surface area contributed by atoms with Crippen LogP contribution in [-0.4, -0.2) is 52.2 Å². The van der Waals surface area contributed by atoms with Crippen LogP contribution < -0.4 is 0 Å². The molecule has 3 rings (SSSR count). The third kappa shape index (κ3) is 3.65. The fraction of sp³-hybridized carbons (Fsp3) is 0.500. The van der Waals surface area contributed by atoms with E-state index in [9.17, 15) is 9.90 Å². The Hall–Kier alpha value is -1.09. The third-order valence-electron chi connectivity index (χ3n) is 4.04. The number of benzene rings is 1. The van der Waals surface area contributed by atoms with E-state index in [-0.39, 0.29) is 11.9 Å². The van der Waals surface area contributed by atoms with Gasteiger partial charge in [0, 0.05) is 13.5 Å². The molecular weight excluding hydrogens is 407 g/mol.